The first-order valence-corrected chi connectivity index (χ1v) is 12.5. The monoisotopic (exact) mass is 514 g/mol. The maximum atomic E-state index is 12.9. The van der Waals surface area contributed by atoms with Gasteiger partial charge in [-0.05, 0) is 24.3 Å². The van der Waals surface area contributed by atoms with Crippen LogP contribution in [-0.2, 0) is 14.4 Å². The van der Waals surface area contributed by atoms with E-state index in [9.17, 15) is 4.79 Å². The van der Waals surface area contributed by atoms with Crippen LogP contribution in [0.15, 0.2) is 53.8 Å². The van der Waals surface area contributed by atoms with Crippen molar-refractivity contribution in [2.24, 2.45) is 4.99 Å². The number of carbonyl (C=O) groups is 3. The van der Waals surface area contributed by atoms with E-state index >= 15 is 0 Å². The molecule has 2 N–H and O–H groups in total. The lowest BCUT2D eigenvalue weighted by molar-refractivity contribution is -0.906. The Morgan fingerprint density at radius 1 is 1.14 bits per heavy atom. The molecule has 1 saturated heterocycles. The number of carboxylic acid groups (broad SMARTS) is 2. The third kappa shape index (κ3) is 6.52. The van der Waals surface area contributed by atoms with Crippen molar-refractivity contribution in [3.8, 4) is 11.5 Å². The van der Waals surface area contributed by atoms with Crippen molar-refractivity contribution in [3.05, 3.63) is 54.4 Å². The highest BCUT2D eigenvalue weighted by Gasteiger charge is 2.34. The summed E-state index contributed by atoms with van der Waals surface area (Å²) in [5.74, 6) is -1.51. The molecule has 190 valence electrons. The van der Waals surface area contributed by atoms with Gasteiger partial charge in [0.1, 0.15) is 24.2 Å². The molecule has 1 fully saturated rings. The lowest BCUT2D eigenvalue weighted by atomic mass is 10.2. The van der Waals surface area contributed by atoms with Crippen molar-refractivity contribution in [2.45, 2.75) is 12.1 Å². The topological polar surface area (TPSA) is 146 Å². The van der Waals surface area contributed by atoms with Crippen LogP contribution >= 0.6 is 11.8 Å². The third-order valence-corrected chi connectivity index (χ3v) is 6.98. The average molecular weight is 515 g/mol. The normalized spacial score (nSPS) is 21.1. The predicted octanol–water partition coefficient (Wildman–Crippen LogP) is -1.67. The third-order valence-electron chi connectivity index (χ3n) is 5.89. The smallest absolute Gasteiger partial charge is 0.351 e. The fourth-order valence-electron chi connectivity index (χ4n) is 4.09. The van der Waals surface area contributed by atoms with Gasteiger partial charge in [0.15, 0.2) is 23.6 Å². The summed E-state index contributed by atoms with van der Waals surface area (Å²) in [6.07, 6.45) is 3.60. The zero-order valence-electron chi connectivity index (χ0n) is 19.4. The summed E-state index contributed by atoms with van der Waals surface area (Å²) < 4.78 is 11.9. The molecule has 11 nitrogen and oxygen atoms in total. The van der Waals surface area contributed by atoms with Gasteiger partial charge in [0.25, 0.3) is 0 Å². The van der Waals surface area contributed by atoms with Crippen LogP contribution in [0, 0.1) is 0 Å². The van der Waals surface area contributed by atoms with Crippen LogP contribution in [0.2, 0.25) is 0 Å². The summed E-state index contributed by atoms with van der Waals surface area (Å²) in [6, 6.07) is 11.4. The van der Waals surface area contributed by atoms with E-state index in [1.54, 1.807) is 24.2 Å². The maximum absolute atomic E-state index is 12.9. The number of amides is 1. The van der Waals surface area contributed by atoms with Crippen LogP contribution in [0.4, 0.5) is 0 Å². The van der Waals surface area contributed by atoms with Crippen LogP contribution in [0.1, 0.15) is 5.56 Å². The number of pyridine rings is 1. The number of piperazine rings is 1. The Balaban J connectivity index is 0.000000455. The molecular weight excluding hydrogens is 488 g/mol. The summed E-state index contributed by atoms with van der Waals surface area (Å²) in [7, 11) is 0. The van der Waals surface area contributed by atoms with Gasteiger partial charge in [0, 0.05) is 23.7 Å². The van der Waals surface area contributed by atoms with Gasteiger partial charge in [0.2, 0.25) is 5.91 Å². The van der Waals surface area contributed by atoms with E-state index in [0.717, 1.165) is 54.8 Å². The standard InChI is InChI=1S/C22H24N4O3S.C2H2O4/c27-22(18-15-30-21(24-18)16-4-3-7-23-12-16)26-10-8-25(9-11-26)13-17-14-28-19-5-1-2-6-20(19)29-17;3-1(4)2(5)6/h1-7,12,17-18H,8-11,13-15H2;(H,3,4)(H,5,6). The molecule has 0 spiro atoms. The van der Waals surface area contributed by atoms with E-state index in [4.69, 9.17) is 29.3 Å². The number of nitrogens with zero attached hydrogens (tertiary/aromatic N) is 3. The Morgan fingerprint density at radius 2 is 1.86 bits per heavy atom. The van der Waals surface area contributed by atoms with Gasteiger partial charge < -0.3 is 34.3 Å². The Bertz CT molecular complexity index is 1110. The molecule has 1 amide bonds. The van der Waals surface area contributed by atoms with Crippen LogP contribution in [0.5, 0.6) is 11.5 Å². The number of aromatic nitrogens is 1. The number of ether oxygens (including phenoxy) is 2. The lowest BCUT2D eigenvalue weighted by Gasteiger charge is -2.35. The largest absolute Gasteiger partial charge is 0.539 e. The fraction of sp³-hybridized carbons (Fsp3) is 0.375. The molecule has 2 atom stereocenters. The fourth-order valence-corrected chi connectivity index (χ4v) is 5.11. The van der Waals surface area contributed by atoms with Gasteiger partial charge in [-0.25, -0.2) is 4.79 Å². The zero-order valence-corrected chi connectivity index (χ0v) is 20.2. The second kappa shape index (κ2) is 11.9. The van der Waals surface area contributed by atoms with Gasteiger partial charge in [-0.2, -0.15) is 0 Å². The molecule has 3 aliphatic rings. The van der Waals surface area contributed by atoms with Crippen molar-refractivity contribution >= 4 is 34.7 Å². The Labute approximate surface area is 211 Å². The highest BCUT2D eigenvalue weighted by Crippen LogP contribution is 2.30. The quantitative estimate of drug-likeness (QED) is 0.458. The maximum Gasteiger partial charge on any atom is 0.351 e. The molecular formula is C24H26N4O7S. The highest BCUT2D eigenvalue weighted by atomic mass is 32.2. The highest BCUT2D eigenvalue weighted by molar-refractivity contribution is 8.14. The molecule has 5 rings (SSSR count). The average Bonchev–Trinajstić information content (AvgIpc) is 3.40. The van der Waals surface area contributed by atoms with Crippen molar-refractivity contribution in [1.29, 1.82) is 0 Å². The van der Waals surface area contributed by atoms with E-state index < -0.39 is 11.9 Å². The molecule has 0 radical (unpaired) electrons. The number of para-hydroxylation sites is 2. The first-order valence-electron chi connectivity index (χ1n) is 11.5. The minimum atomic E-state index is -2.07. The summed E-state index contributed by atoms with van der Waals surface area (Å²) in [5.41, 5.74) is 0.989. The molecule has 1 aromatic heterocycles. The van der Waals surface area contributed by atoms with Gasteiger partial charge in [0.05, 0.1) is 26.2 Å². The Morgan fingerprint density at radius 3 is 2.53 bits per heavy atom. The summed E-state index contributed by atoms with van der Waals surface area (Å²) in [5, 5.41) is 17.2. The molecule has 0 saturated carbocycles. The van der Waals surface area contributed by atoms with E-state index in [0.29, 0.717) is 12.4 Å². The molecule has 0 aliphatic carbocycles. The number of thioether (sulfide) groups is 1. The van der Waals surface area contributed by atoms with Crippen LogP contribution in [0.25, 0.3) is 0 Å². The Kier molecular flexibility index (Phi) is 8.39. The predicted molar refractivity (Wildman–Crippen MR) is 128 cm³/mol. The number of fused-ring (bicyclic) bond motifs is 1. The number of carbonyl (C=O) groups excluding carboxylic acids is 2. The first kappa shape index (κ1) is 25.5. The lowest BCUT2D eigenvalue weighted by Crippen LogP contribution is -3.16. The number of nitrogens with one attached hydrogen (secondary N) is 1. The second-order valence-corrected chi connectivity index (χ2v) is 9.38. The van der Waals surface area contributed by atoms with E-state index in [1.165, 1.54) is 4.90 Å². The molecule has 2 aromatic rings. The molecule has 36 heavy (non-hydrogen) atoms. The molecule has 3 aliphatic heterocycles. The van der Waals surface area contributed by atoms with Crippen molar-refractivity contribution in [2.75, 3.05) is 45.1 Å². The van der Waals surface area contributed by atoms with Gasteiger partial charge in [-0.3, -0.25) is 14.8 Å². The molecule has 1 aromatic carbocycles. The summed E-state index contributed by atoms with van der Waals surface area (Å²) in [6.45, 7) is 4.83. The number of aliphatic imine (C=N–C) groups is 1. The molecule has 12 heteroatoms. The number of carboxylic acids is 2. The van der Waals surface area contributed by atoms with Crippen LogP contribution < -0.4 is 19.5 Å². The minimum Gasteiger partial charge on any atom is -0.539 e. The van der Waals surface area contributed by atoms with E-state index in [1.807, 2.05) is 41.3 Å². The summed E-state index contributed by atoms with van der Waals surface area (Å²) in [4.78, 5) is 43.2. The number of quaternary nitrogens is 1. The van der Waals surface area contributed by atoms with Crippen LogP contribution in [0.3, 0.4) is 0 Å². The molecule has 4 heterocycles. The summed E-state index contributed by atoms with van der Waals surface area (Å²) >= 11 is 1.64. The van der Waals surface area contributed by atoms with Crippen LogP contribution in [-0.4, -0.2) is 95.1 Å². The zero-order chi connectivity index (χ0) is 25.5. The number of hydrogen-bond donors (Lipinski definition) is 2. The first-order chi connectivity index (χ1) is 17.4. The number of aliphatic carboxylic acids is 2. The number of hydrogen-bond acceptors (Lipinski definition) is 9. The van der Waals surface area contributed by atoms with E-state index in [-0.39, 0.29) is 18.1 Å². The SMILES string of the molecule is O=C(C1CSC(c2cccnc2)=N1)N1CC[NH+](CC2COc3ccccc3O2)CC1.O=C([O-])C(=O)O. The number of benzene rings is 1. The van der Waals surface area contributed by atoms with E-state index in [2.05, 4.69) is 9.98 Å². The van der Waals surface area contributed by atoms with Crippen molar-refractivity contribution in [1.82, 2.24) is 9.88 Å². The van der Waals surface area contributed by atoms with Gasteiger partial charge in [-0.15, -0.1) is 11.8 Å². The van der Waals surface area contributed by atoms with Crippen molar-refractivity contribution in [3.63, 3.8) is 0 Å². The van der Waals surface area contributed by atoms with Crippen molar-refractivity contribution < 1.29 is 39.0 Å². The number of rotatable bonds is 4. The van der Waals surface area contributed by atoms with Gasteiger partial charge >= 0.3 is 5.97 Å². The second-order valence-electron chi connectivity index (χ2n) is 8.37. The van der Waals surface area contributed by atoms with Gasteiger partial charge in [-0.1, -0.05) is 12.1 Å². The minimum absolute atomic E-state index is 0.0509. The Hall–Kier alpha value is -3.64. The molecule has 0 bridgehead atoms. The molecule has 2 unspecified atom stereocenters.